The molecule has 0 bridgehead atoms. The van der Waals surface area contributed by atoms with Crippen LogP contribution >= 0.6 is 27.5 Å². The van der Waals surface area contributed by atoms with Gasteiger partial charge < -0.3 is 4.90 Å². The van der Waals surface area contributed by atoms with Gasteiger partial charge in [0, 0.05) is 34.5 Å². The molecule has 1 aromatic heterocycles. The average molecular weight is 363 g/mol. The van der Waals surface area contributed by atoms with E-state index in [0.717, 1.165) is 26.8 Å². The van der Waals surface area contributed by atoms with Gasteiger partial charge in [-0.05, 0) is 42.5 Å². The van der Waals surface area contributed by atoms with Gasteiger partial charge in [0.15, 0.2) is 5.82 Å². The monoisotopic (exact) mass is 361 g/mol. The van der Waals surface area contributed by atoms with Crippen LogP contribution in [0.4, 0.5) is 5.82 Å². The molecule has 0 radical (unpaired) electrons. The fraction of sp³-hybridized carbons (Fsp3) is 0.125. The Kier molecular flexibility index (Phi) is 3.83. The number of fused-ring (bicyclic) bond motifs is 1. The minimum atomic E-state index is 0.699. The van der Waals surface area contributed by atoms with E-state index in [2.05, 4.69) is 20.9 Å². The number of anilines is 1. The van der Waals surface area contributed by atoms with E-state index in [0.29, 0.717) is 10.8 Å². The minimum Gasteiger partial charge on any atom is -0.362 e. The molecular weight excluding hydrogens is 350 g/mol. The predicted molar refractivity (Wildman–Crippen MR) is 92.0 cm³/mol. The third-order valence-electron chi connectivity index (χ3n) is 3.16. The molecule has 5 heteroatoms. The van der Waals surface area contributed by atoms with Crippen LogP contribution in [0, 0.1) is 0 Å². The van der Waals surface area contributed by atoms with Crippen molar-refractivity contribution in [1.82, 2.24) is 9.97 Å². The van der Waals surface area contributed by atoms with Gasteiger partial charge in [-0.3, -0.25) is 0 Å². The molecule has 106 valence electrons. The second kappa shape index (κ2) is 5.62. The first-order valence-corrected chi connectivity index (χ1v) is 7.62. The molecule has 0 fully saturated rings. The number of halogens is 2. The summed E-state index contributed by atoms with van der Waals surface area (Å²) in [5, 5.41) is 1.73. The van der Waals surface area contributed by atoms with Crippen LogP contribution in [0.1, 0.15) is 0 Å². The molecule has 3 nitrogen and oxygen atoms in total. The predicted octanol–water partition coefficient (Wildman–Crippen LogP) is 4.78. The summed E-state index contributed by atoms with van der Waals surface area (Å²) in [7, 11) is 3.96. The van der Waals surface area contributed by atoms with Crippen molar-refractivity contribution < 1.29 is 0 Å². The summed E-state index contributed by atoms with van der Waals surface area (Å²) < 4.78 is 1.01. The van der Waals surface area contributed by atoms with Gasteiger partial charge in [-0.1, -0.05) is 27.5 Å². The van der Waals surface area contributed by atoms with E-state index < -0.39 is 0 Å². The minimum absolute atomic E-state index is 0.699. The van der Waals surface area contributed by atoms with Crippen molar-refractivity contribution in [3.63, 3.8) is 0 Å². The first-order chi connectivity index (χ1) is 10.0. The highest BCUT2D eigenvalue weighted by Gasteiger charge is 2.11. The zero-order valence-electron chi connectivity index (χ0n) is 11.6. The SMILES string of the molecule is CN(C)c1nc(-c2ccc(Cl)cc2)nc2ccc(Br)cc12. The van der Waals surface area contributed by atoms with E-state index in [1.54, 1.807) is 0 Å². The highest BCUT2D eigenvalue weighted by atomic mass is 79.9. The summed E-state index contributed by atoms with van der Waals surface area (Å²) in [4.78, 5) is 11.3. The lowest BCUT2D eigenvalue weighted by Gasteiger charge is -2.15. The second-order valence-electron chi connectivity index (χ2n) is 4.93. The Balaban J connectivity index is 2.25. The van der Waals surface area contributed by atoms with E-state index >= 15 is 0 Å². The van der Waals surface area contributed by atoms with Gasteiger partial charge in [-0.15, -0.1) is 0 Å². The summed E-state index contributed by atoms with van der Waals surface area (Å²) in [5.74, 6) is 1.59. The largest absolute Gasteiger partial charge is 0.362 e. The van der Waals surface area contributed by atoms with Crippen LogP contribution in [-0.4, -0.2) is 24.1 Å². The van der Waals surface area contributed by atoms with E-state index in [1.165, 1.54) is 0 Å². The fourth-order valence-corrected chi connectivity index (χ4v) is 2.64. The highest BCUT2D eigenvalue weighted by molar-refractivity contribution is 9.10. The van der Waals surface area contributed by atoms with Crippen molar-refractivity contribution in [2.24, 2.45) is 0 Å². The number of benzene rings is 2. The normalized spacial score (nSPS) is 10.9. The first kappa shape index (κ1) is 14.3. The van der Waals surface area contributed by atoms with Gasteiger partial charge in [0.25, 0.3) is 0 Å². The highest BCUT2D eigenvalue weighted by Crippen LogP contribution is 2.29. The van der Waals surface area contributed by atoms with Crippen molar-refractivity contribution in [2.75, 3.05) is 19.0 Å². The molecule has 0 aliphatic heterocycles. The lowest BCUT2D eigenvalue weighted by molar-refractivity contribution is 1.07. The van der Waals surface area contributed by atoms with Crippen molar-refractivity contribution >= 4 is 44.3 Å². The maximum absolute atomic E-state index is 5.94. The Hall–Kier alpha value is -1.65. The molecule has 0 unspecified atom stereocenters. The van der Waals surface area contributed by atoms with Crippen LogP contribution in [0.3, 0.4) is 0 Å². The first-order valence-electron chi connectivity index (χ1n) is 6.45. The Morgan fingerprint density at radius 3 is 2.38 bits per heavy atom. The van der Waals surface area contributed by atoms with Gasteiger partial charge >= 0.3 is 0 Å². The number of nitrogens with zero attached hydrogens (tertiary/aromatic N) is 3. The number of hydrogen-bond acceptors (Lipinski definition) is 3. The molecule has 21 heavy (non-hydrogen) atoms. The Labute approximate surface area is 136 Å². The molecule has 0 saturated heterocycles. The Bertz CT molecular complexity index is 800. The molecule has 1 heterocycles. The maximum Gasteiger partial charge on any atom is 0.162 e. The smallest absolute Gasteiger partial charge is 0.162 e. The zero-order valence-corrected chi connectivity index (χ0v) is 14.0. The van der Waals surface area contributed by atoms with Crippen LogP contribution < -0.4 is 4.90 Å². The van der Waals surface area contributed by atoms with Crippen molar-refractivity contribution in [2.45, 2.75) is 0 Å². The van der Waals surface area contributed by atoms with Crippen LogP contribution in [0.15, 0.2) is 46.9 Å². The van der Waals surface area contributed by atoms with E-state index in [1.807, 2.05) is 61.5 Å². The third-order valence-corrected chi connectivity index (χ3v) is 3.91. The molecule has 3 aromatic rings. The van der Waals surface area contributed by atoms with Crippen LogP contribution in [0.25, 0.3) is 22.3 Å². The van der Waals surface area contributed by atoms with Crippen molar-refractivity contribution in [3.8, 4) is 11.4 Å². The van der Waals surface area contributed by atoms with Crippen molar-refractivity contribution in [1.29, 1.82) is 0 Å². The summed E-state index contributed by atoms with van der Waals surface area (Å²) in [6, 6.07) is 13.6. The second-order valence-corrected chi connectivity index (χ2v) is 6.29. The Morgan fingerprint density at radius 2 is 1.71 bits per heavy atom. The van der Waals surface area contributed by atoms with Gasteiger partial charge in [-0.2, -0.15) is 0 Å². The fourth-order valence-electron chi connectivity index (χ4n) is 2.15. The number of hydrogen-bond donors (Lipinski definition) is 0. The Morgan fingerprint density at radius 1 is 1.00 bits per heavy atom. The van der Waals surface area contributed by atoms with Gasteiger partial charge in [0.05, 0.1) is 5.52 Å². The molecule has 2 aromatic carbocycles. The number of rotatable bonds is 2. The molecule has 0 amide bonds. The third kappa shape index (κ3) is 2.87. The summed E-state index contributed by atoms with van der Waals surface area (Å²) in [6.45, 7) is 0. The van der Waals surface area contributed by atoms with Crippen LogP contribution in [0.2, 0.25) is 5.02 Å². The lowest BCUT2D eigenvalue weighted by atomic mass is 10.2. The summed E-state index contributed by atoms with van der Waals surface area (Å²) in [6.07, 6.45) is 0. The topological polar surface area (TPSA) is 29.0 Å². The van der Waals surface area contributed by atoms with Gasteiger partial charge in [0.1, 0.15) is 5.82 Å². The zero-order chi connectivity index (χ0) is 15.0. The van der Waals surface area contributed by atoms with Crippen LogP contribution in [0.5, 0.6) is 0 Å². The van der Waals surface area contributed by atoms with E-state index in [9.17, 15) is 0 Å². The molecule has 0 aliphatic rings. The molecule has 0 spiro atoms. The standard InChI is InChI=1S/C16H13BrClN3/c1-21(2)16-13-9-11(17)5-8-14(13)19-15(20-16)10-3-6-12(18)7-4-10/h3-9H,1-2H3. The number of aromatic nitrogens is 2. The maximum atomic E-state index is 5.94. The summed E-state index contributed by atoms with van der Waals surface area (Å²) in [5.41, 5.74) is 1.87. The molecule has 0 atom stereocenters. The van der Waals surface area contributed by atoms with Crippen LogP contribution in [-0.2, 0) is 0 Å². The molecule has 3 rings (SSSR count). The van der Waals surface area contributed by atoms with Gasteiger partial charge in [0.2, 0.25) is 0 Å². The molecule has 0 aliphatic carbocycles. The summed E-state index contributed by atoms with van der Waals surface area (Å²) >= 11 is 9.44. The van der Waals surface area contributed by atoms with Gasteiger partial charge in [-0.25, -0.2) is 9.97 Å². The average Bonchev–Trinajstić information content (AvgIpc) is 2.46. The molecule has 0 N–H and O–H groups in total. The van der Waals surface area contributed by atoms with E-state index in [-0.39, 0.29) is 0 Å². The lowest BCUT2D eigenvalue weighted by Crippen LogP contribution is -2.12. The quantitative estimate of drug-likeness (QED) is 0.657. The molecule has 0 saturated carbocycles. The van der Waals surface area contributed by atoms with Crippen molar-refractivity contribution in [3.05, 3.63) is 52.0 Å². The molecular formula is C16H13BrClN3. The van der Waals surface area contributed by atoms with E-state index in [4.69, 9.17) is 16.6 Å².